The van der Waals surface area contributed by atoms with Gasteiger partial charge in [-0.15, -0.1) is 5.10 Å². The van der Waals surface area contributed by atoms with Gasteiger partial charge in [-0.2, -0.15) is 0 Å². The number of aromatic nitrogens is 3. The van der Waals surface area contributed by atoms with Crippen molar-refractivity contribution >= 4 is 0 Å². The third-order valence-electron chi connectivity index (χ3n) is 1.65. The summed E-state index contributed by atoms with van der Waals surface area (Å²) in [6.07, 6.45) is 0. The third kappa shape index (κ3) is 1.03. The summed E-state index contributed by atoms with van der Waals surface area (Å²) in [5, 5.41) is 7.93. The van der Waals surface area contributed by atoms with Gasteiger partial charge in [-0.1, -0.05) is 5.21 Å². The molecule has 0 unspecified atom stereocenters. The molecule has 0 bridgehead atoms. The van der Waals surface area contributed by atoms with E-state index in [9.17, 15) is 0 Å². The van der Waals surface area contributed by atoms with Crippen molar-refractivity contribution in [2.75, 3.05) is 0 Å². The Morgan fingerprint density at radius 1 is 1.30 bits per heavy atom. The molecule has 1 heterocycles. The lowest BCUT2D eigenvalue weighted by molar-refractivity contribution is 0.502. The molecule has 3 nitrogen and oxygen atoms in total. The summed E-state index contributed by atoms with van der Waals surface area (Å²) in [5.41, 5.74) is 2.18. The topological polar surface area (TPSA) is 30.7 Å². The van der Waals surface area contributed by atoms with Crippen LogP contribution in [0, 0.1) is 13.8 Å². The zero-order valence-electron chi connectivity index (χ0n) is 6.92. The zero-order valence-corrected chi connectivity index (χ0v) is 6.92. The summed E-state index contributed by atoms with van der Waals surface area (Å²) >= 11 is 0. The molecule has 1 aromatic rings. The number of nitrogens with zero attached hydrogens (tertiary/aromatic N) is 3. The Labute approximate surface area is 61.1 Å². The highest BCUT2D eigenvalue weighted by molar-refractivity contribution is 5.05. The van der Waals surface area contributed by atoms with Crippen LogP contribution in [0.25, 0.3) is 0 Å². The van der Waals surface area contributed by atoms with Crippen molar-refractivity contribution in [3.8, 4) is 0 Å². The van der Waals surface area contributed by atoms with E-state index in [4.69, 9.17) is 0 Å². The quantitative estimate of drug-likeness (QED) is 0.590. The molecule has 0 fully saturated rings. The summed E-state index contributed by atoms with van der Waals surface area (Å²) in [7, 11) is 0. The van der Waals surface area contributed by atoms with E-state index in [1.54, 1.807) is 0 Å². The Bertz CT molecular complexity index is 225. The molecule has 56 valence electrons. The molecule has 1 aromatic heterocycles. The molecule has 0 aromatic carbocycles. The second kappa shape index (κ2) is 2.40. The van der Waals surface area contributed by atoms with Gasteiger partial charge in [-0.05, 0) is 27.7 Å². The monoisotopic (exact) mass is 139 g/mol. The van der Waals surface area contributed by atoms with Crippen molar-refractivity contribution in [3.05, 3.63) is 11.4 Å². The van der Waals surface area contributed by atoms with Gasteiger partial charge in [0.2, 0.25) is 0 Å². The molecule has 10 heavy (non-hydrogen) atoms. The molecule has 0 amide bonds. The lowest BCUT2D eigenvalue weighted by Gasteiger charge is -2.05. The first-order valence-corrected chi connectivity index (χ1v) is 3.51. The molecular formula is C7H13N3. The second-order valence-electron chi connectivity index (χ2n) is 2.80. The minimum Gasteiger partial charge on any atom is -0.247 e. The first-order chi connectivity index (χ1) is 4.63. The highest BCUT2D eigenvalue weighted by Gasteiger charge is 2.05. The zero-order chi connectivity index (χ0) is 7.72. The molecule has 0 atom stereocenters. The minimum atomic E-state index is 0.418. The summed E-state index contributed by atoms with van der Waals surface area (Å²) < 4.78 is 1.93. The molecule has 0 N–H and O–H groups in total. The number of aryl methyl sites for hydroxylation is 1. The van der Waals surface area contributed by atoms with Crippen LogP contribution in [-0.2, 0) is 0 Å². The standard InChI is InChI=1S/C7H13N3/c1-5(2)10-7(4)6(3)8-9-10/h5H,1-4H3. The van der Waals surface area contributed by atoms with Crippen molar-refractivity contribution in [1.29, 1.82) is 0 Å². The van der Waals surface area contributed by atoms with Gasteiger partial charge in [-0.25, -0.2) is 4.68 Å². The van der Waals surface area contributed by atoms with Gasteiger partial charge in [0.05, 0.1) is 11.4 Å². The maximum absolute atomic E-state index is 3.98. The normalized spacial score (nSPS) is 10.9. The minimum absolute atomic E-state index is 0.418. The maximum atomic E-state index is 3.98. The summed E-state index contributed by atoms with van der Waals surface area (Å²) in [6.45, 7) is 8.21. The molecule has 0 saturated carbocycles. The van der Waals surface area contributed by atoms with Crippen molar-refractivity contribution in [2.45, 2.75) is 33.7 Å². The molecule has 0 radical (unpaired) electrons. The van der Waals surface area contributed by atoms with E-state index in [-0.39, 0.29) is 0 Å². The van der Waals surface area contributed by atoms with Crippen LogP contribution >= 0.6 is 0 Å². The van der Waals surface area contributed by atoms with Crippen LogP contribution < -0.4 is 0 Å². The number of hydrogen-bond donors (Lipinski definition) is 0. The van der Waals surface area contributed by atoms with Crippen LogP contribution in [0.2, 0.25) is 0 Å². The molecule has 3 heteroatoms. The van der Waals surface area contributed by atoms with Crippen LogP contribution in [0.1, 0.15) is 31.3 Å². The fraction of sp³-hybridized carbons (Fsp3) is 0.714. The van der Waals surface area contributed by atoms with E-state index in [1.165, 1.54) is 0 Å². The van der Waals surface area contributed by atoms with Crippen molar-refractivity contribution in [2.24, 2.45) is 0 Å². The van der Waals surface area contributed by atoms with Crippen molar-refractivity contribution in [3.63, 3.8) is 0 Å². The molecule has 1 rings (SSSR count). The van der Waals surface area contributed by atoms with Gasteiger partial charge >= 0.3 is 0 Å². The summed E-state index contributed by atoms with van der Waals surface area (Å²) in [6, 6.07) is 0.418. The van der Waals surface area contributed by atoms with Crippen molar-refractivity contribution < 1.29 is 0 Å². The van der Waals surface area contributed by atoms with Gasteiger partial charge in [0, 0.05) is 6.04 Å². The Hall–Kier alpha value is -0.860. The number of rotatable bonds is 1. The van der Waals surface area contributed by atoms with Gasteiger partial charge in [-0.3, -0.25) is 0 Å². The SMILES string of the molecule is Cc1nnn(C(C)C)c1C. The predicted octanol–water partition coefficient (Wildman–Crippen LogP) is 1.48. The first-order valence-electron chi connectivity index (χ1n) is 3.51. The van der Waals surface area contributed by atoms with E-state index in [1.807, 2.05) is 18.5 Å². The average molecular weight is 139 g/mol. The van der Waals surface area contributed by atoms with Gasteiger partial charge < -0.3 is 0 Å². The van der Waals surface area contributed by atoms with Crippen LogP contribution in [-0.4, -0.2) is 15.0 Å². The average Bonchev–Trinajstić information content (AvgIpc) is 2.14. The maximum Gasteiger partial charge on any atom is 0.0825 e. The van der Waals surface area contributed by atoms with Gasteiger partial charge in [0.25, 0.3) is 0 Å². The smallest absolute Gasteiger partial charge is 0.0825 e. The Morgan fingerprint density at radius 2 is 1.90 bits per heavy atom. The highest BCUT2D eigenvalue weighted by Crippen LogP contribution is 2.07. The van der Waals surface area contributed by atoms with Crippen LogP contribution in [0.3, 0.4) is 0 Å². The third-order valence-corrected chi connectivity index (χ3v) is 1.65. The second-order valence-corrected chi connectivity index (χ2v) is 2.80. The van der Waals surface area contributed by atoms with Crippen molar-refractivity contribution in [1.82, 2.24) is 15.0 Å². The molecular weight excluding hydrogens is 126 g/mol. The van der Waals surface area contributed by atoms with E-state index in [0.29, 0.717) is 6.04 Å². The Kier molecular flexibility index (Phi) is 1.74. The largest absolute Gasteiger partial charge is 0.247 e. The van der Waals surface area contributed by atoms with Crippen LogP contribution in [0.15, 0.2) is 0 Å². The van der Waals surface area contributed by atoms with Gasteiger partial charge in [0.15, 0.2) is 0 Å². The van der Waals surface area contributed by atoms with E-state index in [0.717, 1.165) is 11.4 Å². The first kappa shape index (κ1) is 7.25. The van der Waals surface area contributed by atoms with Crippen LogP contribution in [0.5, 0.6) is 0 Å². The lowest BCUT2D eigenvalue weighted by Crippen LogP contribution is -2.04. The predicted molar refractivity (Wildman–Crippen MR) is 39.9 cm³/mol. The fourth-order valence-corrected chi connectivity index (χ4v) is 0.911. The fourth-order valence-electron chi connectivity index (χ4n) is 0.911. The Balaban J connectivity index is 3.05. The highest BCUT2D eigenvalue weighted by atomic mass is 15.4. The van der Waals surface area contributed by atoms with E-state index in [2.05, 4.69) is 24.2 Å². The Morgan fingerprint density at radius 3 is 2.10 bits per heavy atom. The molecule has 0 aliphatic carbocycles. The molecule has 0 saturated heterocycles. The van der Waals surface area contributed by atoms with Crippen LogP contribution in [0.4, 0.5) is 0 Å². The lowest BCUT2D eigenvalue weighted by atomic mass is 10.3. The summed E-state index contributed by atoms with van der Waals surface area (Å²) in [4.78, 5) is 0. The van der Waals surface area contributed by atoms with E-state index >= 15 is 0 Å². The molecule has 0 aliphatic heterocycles. The molecule has 0 spiro atoms. The summed E-state index contributed by atoms with van der Waals surface area (Å²) in [5.74, 6) is 0. The van der Waals surface area contributed by atoms with Gasteiger partial charge in [0.1, 0.15) is 0 Å². The number of hydrogen-bond acceptors (Lipinski definition) is 2. The molecule has 0 aliphatic rings. The van der Waals surface area contributed by atoms with E-state index < -0.39 is 0 Å².